The van der Waals surface area contributed by atoms with Gasteiger partial charge in [-0.15, -0.1) is 0 Å². The molecule has 0 aliphatic rings. The number of imidazole rings is 1. The van der Waals surface area contributed by atoms with Gasteiger partial charge in [0, 0.05) is 18.7 Å². The molecule has 0 amide bonds. The molecule has 4 aromatic rings. The molecule has 4 rings (SSSR count). The van der Waals surface area contributed by atoms with Gasteiger partial charge in [-0.2, -0.15) is 9.61 Å². The second-order valence-corrected chi connectivity index (χ2v) is 7.59. The predicted molar refractivity (Wildman–Crippen MR) is 104 cm³/mol. The molecular formula is C19H24ClN7. The number of fused-ring (bicyclic) bond motifs is 3. The van der Waals surface area contributed by atoms with E-state index >= 15 is 0 Å². The summed E-state index contributed by atoms with van der Waals surface area (Å²) in [5, 5.41) is 8.22. The van der Waals surface area contributed by atoms with Crippen molar-refractivity contribution in [3.8, 4) is 11.3 Å². The van der Waals surface area contributed by atoms with E-state index in [9.17, 15) is 0 Å². The van der Waals surface area contributed by atoms with Gasteiger partial charge >= 0.3 is 0 Å². The minimum absolute atomic E-state index is 0. The van der Waals surface area contributed by atoms with E-state index in [2.05, 4.69) is 43.6 Å². The third-order valence-corrected chi connectivity index (χ3v) is 4.39. The Morgan fingerprint density at radius 2 is 1.85 bits per heavy atom. The van der Waals surface area contributed by atoms with Crippen LogP contribution in [0.3, 0.4) is 0 Å². The monoisotopic (exact) mass is 385 g/mol. The molecule has 0 saturated carbocycles. The van der Waals surface area contributed by atoms with Gasteiger partial charge in [0.25, 0.3) is 0 Å². The van der Waals surface area contributed by atoms with Crippen LogP contribution in [0.5, 0.6) is 0 Å². The van der Waals surface area contributed by atoms with Crippen molar-refractivity contribution in [2.24, 2.45) is 7.05 Å². The fraction of sp³-hybridized carbons (Fsp3) is 0.316. The second-order valence-electron chi connectivity index (χ2n) is 7.59. The molecule has 1 N–H and O–H groups in total. The summed E-state index contributed by atoms with van der Waals surface area (Å²) in [4.78, 5) is 9.33. The zero-order chi connectivity index (χ0) is 18.3. The molecule has 3 heterocycles. The van der Waals surface area contributed by atoms with Crippen molar-refractivity contribution >= 4 is 22.6 Å². The Labute approximate surface area is 164 Å². The van der Waals surface area contributed by atoms with Crippen LogP contribution in [0.2, 0.25) is 0 Å². The zero-order valence-corrected chi connectivity index (χ0v) is 16.8. The van der Waals surface area contributed by atoms with Gasteiger partial charge in [0.15, 0.2) is 22.6 Å². The first-order chi connectivity index (χ1) is 12.4. The SMILES string of the molecule is Cn1cnc2c(NCC[N+](C)(C)C)nc3cc(-c4ccccc4)nn3c21.[Cl-]. The summed E-state index contributed by atoms with van der Waals surface area (Å²) in [5.74, 6) is 0.807. The van der Waals surface area contributed by atoms with E-state index < -0.39 is 0 Å². The standard InChI is InChI=1S/C19H24N7.ClH/c1-24-13-21-17-18(20-10-11-26(2,3)4)22-16-12-15(23-25(16)19(17)24)14-8-6-5-7-9-14;/h5-9,12-13H,10-11H2,1-4H3,(H,20,22);1H/q+1;/p-1. The van der Waals surface area contributed by atoms with Gasteiger partial charge in [-0.05, 0) is 0 Å². The number of aryl methyl sites for hydroxylation is 1. The van der Waals surface area contributed by atoms with Gasteiger partial charge in [-0.3, -0.25) is 0 Å². The van der Waals surface area contributed by atoms with Crippen LogP contribution in [-0.4, -0.2) is 62.9 Å². The third-order valence-electron chi connectivity index (χ3n) is 4.39. The number of likely N-dealkylation sites (N-methyl/N-ethyl adjacent to an activating group) is 1. The molecule has 0 saturated heterocycles. The number of nitrogens with one attached hydrogen (secondary N) is 1. The molecule has 0 atom stereocenters. The molecule has 27 heavy (non-hydrogen) atoms. The predicted octanol–water partition coefficient (Wildman–Crippen LogP) is -0.595. The smallest absolute Gasteiger partial charge is 0.167 e. The number of rotatable bonds is 5. The summed E-state index contributed by atoms with van der Waals surface area (Å²) in [6, 6.07) is 12.2. The van der Waals surface area contributed by atoms with Crippen molar-refractivity contribution in [3.63, 3.8) is 0 Å². The largest absolute Gasteiger partial charge is 1.00 e. The van der Waals surface area contributed by atoms with E-state index in [1.807, 2.05) is 40.4 Å². The van der Waals surface area contributed by atoms with Gasteiger partial charge in [0.05, 0.1) is 46.3 Å². The molecule has 7 nitrogen and oxygen atoms in total. The maximum absolute atomic E-state index is 4.79. The Hall–Kier alpha value is -2.64. The summed E-state index contributed by atoms with van der Waals surface area (Å²) in [5.41, 5.74) is 4.57. The first-order valence-electron chi connectivity index (χ1n) is 8.73. The van der Waals surface area contributed by atoms with Crippen LogP contribution in [0, 0.1) is 0 Å². The first kappa shape index (κ1) is 19.1. The van der Waals surface area contributed by atoms with E-state index in [0.29, 0.717) is 0 Å². The maximum Gasteiger partial charge on any atom is 0.167 e. The average molecular weight is 386 g/mol. The highest BCUT2D eigenvalue weighted by Crippen LogP contribution is 2.25. The highest BCUT2D eigenvalue weighted by atomic mass is 35.5. The second kappa shape index (κ2) is 7.17. The number of hydrogen-bond donors (Lipinski definition) is 1. The van der Waals surface area contributed by atoms with Crippen LogP contribution in [-0.2, 0) is 7.05 Å². The number of quaternary nitrogens is 1. The zero-order valence-electron chi connectivity index (χ0n) is 16.0. The Balaban J connectivity index is 0.00000210. The molecule has 0 radical (unpaired) electrons. The molecule has 0 bridgehead atoms. The van der Waals surface area contributed by atoms with Gasteiger partial charge in [0.1, 0.15) is 0 Å². The quantitative estimate of drug-likeness (QED) is 0.466. The first-order valence-corrected chi connectivity index (χ1v) is 8.73. The third kappa shape index (κ3) is 3.74. The van der Waals surface area contributed by atoms with Crippen LogP contribution in [0.15, 0.2) is 42.7 Å². The summed E-state index contributed by atoms with van der Waals surface area (Å²) in [6.45, 7) is 1.83. The maximum atomic E-state index is 4.79. The number of anilines is 1. The van der Waals surface area contributed by atoms with Gasteiger partial charge in [0.2, 0.25) is 0 Å². The summed E-state index contributed by atoms with van der Waals surface area (Å²) in [6.07, 6.45) is 1.81. The average Bonchev–Trinajstić information content (AvgIpc) is 3.18. The lowest BCUT2D eigenvalue weighted by Gasteiger charge is -2.23. The van der Waals surface area contributed by atoms with E-state index in [4.69, 9.17) is 10.1 Å². The molecule has 8 heteroatoms. The van der Waals surface area contributed by atoms with Crippen LogP contribution in [0.4, 0.5) is 5.82 Å². The Kier molecular flexibility index (Phi) is 5.08. The molecule has 0 aliphatic heterocycles. The van der Waals surface area contributed by atoms with Crippen LogP contribution in [0.25, 0.3) is 28.1 Å². The van der Waals surface area contributed by atoms with E-state index in [-0.39, 0.29) is 12.4 Å². The van der Waals surface area contributed by atoms with Crippen molar-refractivity contribution in [2.45, 2.75) is 0 Å². The lowest BCUT2D eigenvalue weighted by Crippen LogP contribution is -3.00. The topological polar surface area (TPSA) is 60.0 Å². The van der Waals surface area contributed by atoms with Crippen LogP contribution < -0.4 is 17.7 Å². The van der Waals surface area contributed by atoms with Gasteiger partial charge in [-0.1, -0.05) is 30.3 Å². The molecule has 0 spiro atoms. The van der Waals surface area contributed by atoms with E-state index in [1.54, 1.807) is 6.33 Å². The number of benzene rings is 1. The molecule has 0 aliphatic carbocycles. The normalized spacial score (nSPS) is 11.7. The number of halogens is 1. The molecular weight excluding hydrogens is 362 g/mol. The highest BCUT2D eigenvalue weighted by molar-refractivity contribution is 5.86. The van der Waals surface area contributed by atoms with Gasteiger partial charge in [-0.25, -0.2) is 9.97 Å². The number of nitrogens with zero attached hydrogens (tertiary/aromatic N) is 6. The number of aromatic nitrogens is 5. The Morgan fingerprint density at radius 3 is 2.56 bits per heavy atom. The fourth-order valence-electron chi connectivity index (χ4n) is 3.00. The van der Waals surface area contributed by atoms with Gasteiger partial charge < -0.3 is 26.8 Å². The van der Waals surface area contributed by atoms with E-state index in [0.717, 1.165) is 51.5 Å². The lowest BCUT2D eigenvalue weighted by atomic mass is 10.2. The minimum Gasteiger partial charge on any atom is -1.00 e. The lowest BCUT2D eigenvalue weighted by molar-refractivity contribution is -0.868. The minimum atomic E-state index is 0. The Morgan fingerprint density at radius 1 is 1.11 bits per heavy atom. The van der Waals surface area contributed by atoms with Crippen molar-refractivity contribution < 1.29 is 16.9 Å². The highest BCUT2D eigenvalue weighted by Gasteiger charge is 2.16. The summed E-state index contributed by atoms with van der Waals surface area (Å²) >= 11 is 0. The van der Waals surface area contributed by atoms with Crippen molar-refractivity contribution in [1.29, 1.82) is 0 Å². The molecule has 142 valence electrons. The van der Waals surface area contributed by atoms with Crippen molar-refractivity contribution in [2.75, 3.05) is 39.5 Å². The van der Waals surface area contributed by atoms with Crippen LogP contribution >= 0.6 is 0 Å². The van der Waals surface area contributed by atoms with Crippen molar-refractivity contribution in [1.82, 2.24) is 24.1 Å². The van der Waals surface area contributed by atoms with Crippen LogP contribution in [0.1, 0.15) is 0 Å². The molecule has 1 aromatic carbocycles. The van der Waals surface area contributed by atoms with E-state index in [1.165, 1.54) is 0 Å². The Bertz CT molecular complexity index is 1060. The molecule has 0 unspecified atom stereocenters. The summed E-state index contributed by atoms with van der Waals surface area (Å²) < 4.78 is 4.75. The fourth-order valence-corrected chi connectivity index (χ4v) is 3.00. The van der Waals surface area contributed by atoms with Crippen molar-refractivity contribution in [3.05, 3.63) is 42.7 Å². The molecule has 3 aromatic heterocycles. The number of hydrogen-bond acceptors (Lipinski definition) is 4. The molecule has 0 fully saturated rings. The summed E-state index contributed by atoms with van der Waals surface area (Å²) in [7, 11) is 8.52.